The van der Waals surface area contributed by atoms with E-state index in [-0.39, 0.29) is 5.78 Å². The molecule has 3 aromatic heterocycles. The molecule has 0 spiro atoms. The van der Waals surface area contributed by atoms with Crippen LogP contribution in [0.2, 0.25) is 0 Å². The molecule has 0 amide bonds. The van der Waals surface area contributed by atoms with Crippen molar-refractivity contribution in [2.75, 3.05) is 26.1 Å². The van der Waals surface area contributed by atoms with Crippen LogP contribution in [0.15, 0.2) is 61.1 Å². The summed E-state index contributed by atoms with van der Waals surface area (Å²) < 4.78 is 5.53. The smallest absolute Gasteiger partial charge is 0.213 e. The standard InChI is InChI=1S/C22H20N4O2/c1-26(2)19-8-7-14(11-20(19)28-3)15-10-16-17(13-25-22(16)24-12-15)21(27)18-6-4-5-9-23-18/h4-13H,1-3H3,(H,24,25). The molecule has 4 aromatic rings. The van der Waals surface area contributed by atoms with E-state index in [2.05, 4.69) is 15.0 Å². The zero-order valence-corrected chi connectivity index (χ0v) is 15.9. The van der Waals surface area contributed by atoms with Gasteiger partial charge in [0.2, 0.25) is 5.78 Å². The van der Waals surface area contributed by atoms with E-state index in [1.54, 1.807) is 43.9 Å². The summed E-state index contributed by atoms with van der Waals surface area (Å²) in [6, 6.07) is 13.3. The van der Waals surface area contributed by atoms with E-state index < -0.39 is 0 Å². The molecule has 1 N–H and O–H groups in total. The summed E-state index contributed by atoms with van der Waals surface area (Å²) in [7, 11) is 5.60. The summed E-state index contributed by atoms with van der Waals surface area (Å²) in [5.74, 6) is 0.646. The zero-order valence-electron chi connectivity index (χ0n) is 15.9. The summed E-state index contributed by atoms with van der Waals surface area (Å²) in [5, 5.41) is 0.767. The molecule has 0 aliphatic rings. The van der Waals surface area contributed by atoms with E-state index in [0.717, 1.165) is 28.0 Å². The number of aromatic amines is 1. The number of carbonyl (C=O) groups is 1. The molecule has 0 unspecified atom stereocenters. The maximum Gasteiger partial charge on any atom is 0.213 e. The molecule has 0 fully saturated rings. The molecule has 0 radical (unpaired) electrons. The maximum absolute atomic E-state index is 12.9. The first-order valence-corrected chi connectivity index (χ1v) is 8.87. The van der Waals surface area contributed by atoms with Crippen molar-refractivity contribution in [2.24, 2.45) is 0 Å². The number of rotatable bonds is 5. The van der Waals surface area contributed by atoms with Crippen LogP contribution in [0.5, 0.6) is 5.75 Å². The Balaban J connectivity index is 1.79. The number of hydrogen-bond acceptors (Lipinski definition) is 5. The number of anilines is 1. The van der Waals surface area contributed by atoms with Gasteiger partial charge in [0.15, 0.2) is 0 Å². The number of pyridine rings is 2. The van der Waals surface area contributed by atoms with Crippen LogP contribution in [0.25, 0.3) is 22.2 Å². The Kier molecular flexibility index (Phi) is 4.53. The third-order valence-electron chi connectivity index (χ3n) is 4.67. The molecule has 0 aliphatic heterocycles. The SMILES string of the molecule is COc1cc(-c2cnc3[nH]cc(C(=O)c4ccccn4)c3c2)ccc1N(C)C. The van der Waals surface area contributed by atoms with Crippen LogP contribution < -0.4 is 9.64 Å². The highest BCUT2D eigenvalue weighted by Gasteiger charge is 2.17. The quantitative estimate of drug-likeness (QED) is 0.538. The predicted octanol–water partition coefficient (Wildman–Crippen LogP) is 3.93. The Bertz CT molecular complexity index is 1150. The van der Waals surface area contributed by atoms with Gasteiger partial charge in [-0.05, 0) is 35.9 Å². The number of nitrogens with one attached hydrogen (secondary N) is 1. The molecule has 4 rings (SSSR count). The molecule has 0 aliphatic carbocycles. The van der Waals surface area contributed by atoms with Gasteiger partial charge in [0.1, 0.15) is 17.1 Å². The molecule has 0 saturated heterocycles. The van der Waals surface area contributed by atoms with Gasteiger partial charge in [-0.1, -0.05) is 12.1 Å². The first kappa shape index (κ1) is 17.7. The minimum atomic E-state index is -0.133. The number of ether oxygens (including phenoxy) is 1. The average molecular weight is 372 g/mol. The summed E-state index contributed by atoms with van der Waals surface area (Å²) in [4.78, 5) is 26.6. The number of nitrogens with zero attached hydrogens (tertiary/aromatic N) is 3. The fourth-order valence-corrected chi connectivity index (χ4v) is 3.21. The number of H-pyrrole nitrogens is 1. The fraction of sp³-hybridized carbons (Fsp3) is 0.136. The lowest BCUT2D eigenvalue weighted by Crippen LogP contribution is -2.10. The molecule has 3 heterocycles. The minimum Gasteiger partial charge on any atom is -0.495 e. The molecule has 0 atom stereocenters. The molecule has 140 valence electrons. The van der Waals surface area contributed by atoms with Crippen LogP contribution in [0.1, 0.15) is 16.1 Å². The van der Waals surface area contributed by atoms with Gasteiger partial charge >= 0.3 is 0 Å². The van der Waals surface area contributed by atoms with Gasteiger partial charge < -0.3 is 14.6 Å². The number of aromatic nitrogens is 3. The Morgan fingerprint density at radius 2 is 1.93 bits per heavy atom. The van der Waals surface area contributed by atoms with E-state index in [1.165, 1.54) is 0 Å². The van der Waals surface area contributed by atoms with Crippen LogP contribution in [0.3, 0.4) is 0 Å². The lowest BCUT2D eigenvalue weighted by molar-refractivity contribution is 0.103. The van der Waals surface area contributed by atoms with Crippen molar-refractivity contribution in [1.82, 2.24) is 15.0 Å². The lowest BCUT2D eigenvalue weighted by Gasteiger charge is -2.17. The summed E-state index contributed by atoms with van der Waals surface area (Å²) in [6.07, 6.45) is 5.09. The number of hydrogen-bond donors (Lipinski definition) is 1. The van der Waals surface area contributed by atoms with Crippen molar-refractivity contribution in [3.8, 4) is 16.9 Å². The monoisotopic (exact) mass is 372 g/mol. The largest absolute Gasteiger partial charge is 0.495 e. The second-order valence-corrected chi connectivity index (χ2v) is 6.65. The highest BCUT2D eigenvalue weighted by atomic mass is 16.5. The minimum absolute atomic E-state index is 0.133. The highest BCUT2D eigenvalue weighted by molar-refractivity contribution is 6.15. The predicted molar refractivity (Wildman–Crippen MR) is 110 cm³/mol. The number of fused-ring (bicyclic) bond motifs is 1. The van der Waals surface area contributed by atoms with Gasteiger partial charge in [-0.15, -0.1) is 0 Å². The molecular weight excluding hydrogens is 352 g/mol. The van der Waals surface area contributed by atoms with Crippen molar-refractivity contribution < 1.29 is 9.53 Å². The first-order chi connectivity index (χ1) is 13.6. The van der Waals surface area contributed by atoms with Crippen LogP contribution >= 0.6 is 0 Å². The van der Waals surface area contributed by atoms with Crippen LogP contribution in [0, 0.1) is 0 Å². The number of methoxy groups -OCH3 is 1. The first-order valence-electron chi connectivity index (χ1n) is 8.87. The Morgan fingerprint density at radius 3 is 2.64 bits per heavy atom. The van der Waals surface area contributed by atoms with Crippen LogP contribution in [0.4, 0.5) is 5.69 Å². The van der Waals surface area contributed by atoms with Crippen molar-refractivity contribution in [2.45, 2.75) is 0 Å². The number of carbonyl (C=O) groups excluding carboxylic acids is 1. The van der Waals surface area contributed by atoms with Gasteiger partial charge in [0.05, 0.1) is 18.4 Å². The second kappa shape index (κ2) is 7.15. The van der Waals surface area contributed by atoms with Gasteiger partial charge in [0.25, 0.3) is 0 Å². The van der Waals surface area contributed by atoms with E-state index in [1.807, 2.05) is 43.3 Å². The lowest BCUT2D eigenvalue weighted by atomic mass is 10.0. The Labute approximate surface area is 162 Å². The summed E-state index contributed by atoms with van der Waals surface area (Å²) >= 11 is 0. The molecule has 28 heavy (non-hydrogen) atoms. The van der Waals surface area contributed by atoms with Gasteiger partial charge in [-0.2, -0.15) is 0 Å². The van der Waals surface area contributed by atoms with E-state index in [4.69, 9.17) is 4.74 Å². The van der Waals surface area contributed by atoms with Crippen molar-refractivity contribution in [1.29, 1.82) is 0 Å². The molecule has 6 heteroatoms. The topological polar surface area (TPSA) is 71.1 Å². The zero-order chi connectivity index (χ0) is 19.7. The van der Waals surface area contributed by atoms with Crippen molar-refractivity contribution in [3.05, 3.63) is 72.3 Å². The molecular formula is C22H20N4O2. The third kappa shape index (κ3) is 3.09. The van der Waals surface area contributed by atoms with E-state index in [0.29, 0.717) is 16.9 Å². The van der Waals surface area contributed by atoms with Gasteiger partial charge in [-0.25, -0.2) is 4.98 Å². The molecule has 6 nitrogen and oxygen atoms in total. The summed E-state index contributed by atoms with van der Waals surface area (Å²) in [5.41, 5.74) is 4.50. The molecule has 0 saturated carbocycles. The fourth-order valence-electron chi connectivity index (χ4n) is 3.21. The van der Waals surface area contributed by atoms with Crippen LogP contribution in [-0.4, -0.2) is 41.9 Å². The van der Waals surface area contributed by atoms with E-state index in [9.17, 15) is 4.79 Å². The van der Waals surface area contributed by atoms with Crippen LogP contribution in [-0.2, 0) is 0 Å². The number of benzene rings is 1. The normalized spacial score (nSPS) is 10.8. The highest BCUT2D eigenvalue weighted by Crippen LogP contribution is 2.33. The number of ketones is 1. The van der Waals surface area contributed by atoms with Gasteiger partial charge in [0, 0.05) is 43.6 Å². The second-order valence-electron chi connectivity index (χ2n) is 6.65. The maximum atomic E-state index is 12.9. The average Bonchev–Trinajstić information content (AvgIpc) is 3.16. The third-order valence-corrected chi connectivity index (χ3v) is 4.67. The van der Waals surface area contributed by atoms with Gasteiger partial charge in [-0.3, -0.25) is 9.78 Å². The summed E-state index contributed by atoms with van der Waals surface area (Å²) in [6.45, 7) is 0. The molecule has 1 aromatic carbocycles. The molecule has 0 bridgehead atoms. The Hall–Kier alpha value is -3.67. The van der Waals surface area contributed by atoms with E-state index >= 15 is 0 Å². The van der Waals surface area contributed by atoms with Crippen molar-refractivity contribution in [3.63, 3.8) is 0 Å². The van der Waals surface area contributed by atoms with Crippen molar-refractivity contribution >= 4 is 22.5 Å². The Morgan fingerprint density at radius 1 is 1.07 bits per heavy atom.